The van der Waals surface area contributed by atoms with E-state index in [0.717, 1.165) is 0 Å². The van der Waals surface area contributed by atoms with Gasteiger partial charge in [0.25, 0.3) is 0 Å². The second-order valence-electron chi connectivity index (χ2n) is 14.9. The summed E-state index contributed by atoms with van der Waals surface area (Å²) in [4.78, 5) is 92.0. The Kier molecular flexibility index (Phi) is 16.7. The van der Waals surface area contributed by atoms with Crippen LogP contribution in [0.4, 0.5) is 0 Å². The van der Waals surface area contributed by atoms with Crippen LogP contribution in [0.5, 0.6) is 11.5 Å². The van der Waals surface area contributed by atoms with Gasteiger partial charge in [-0.05, 0) is 74.1 Å². The molecule has 3 aromatic carbocycles. The molecule has 0 spiro atoms. The molecule has 0 unspecified atom stereocenters. The molecule has 0 fully saturated rings. The van der Waals surface area contributed by atoms with Crippen molar-refractivity contribution in [2.45, 2.75) is 89.6 Å². The van der Waals surface area contributed by atoms with Gasteiger partial charge in [0.15, 0.2) is 0 Å². The van der Waals surface area contributed by atoms with Gasteiger partial charge in [0.2, 0.25) is 41.4 Å². The van der Waals surface area contributed by atoms with Gasteiger partial charge in [0.05, 0.1) is 12.6 Å². The molecule has 5 atom stereocenters. The molecule has 0 heterocycles. The van der Waals surface area contributed by atoms with E-state index in [1.165, 1.54) is 45.0 Å². The predicted molar refractivity (Wildman–Crippen MR) is 214 cm³/mol. The average Bonchev–Trinajstić information content (AvgIpc) is 3.16. The molecule has 3 aromatic rings. The van der Waals surface area contributed by atoms with Crippen LogP contribution in [0.1, 0.15) is 51.3 Å². The van der Waals surface area contributed by atoms with Crippen LogP contribution in [0.2, 0.25) is 0 Å². The summed E-state index contributed by atoms with van der Waals surface area (Å²) in [6, 6.07) is 15.1. The Morgan fingerprint density at radius 2 is 1.10 bits per heavy atom. The number of aromatic hydroxyl groups is 2. The normalized spacial score (nSPS) is 13.8. The standard InChI is InChI=1S/C41H54N8O9/c1-23(2)34(39(57)44-22-33(43)52)48-37(55)31(21-27-13-17-29(51)18-14-27)47-40(58)41(4,5)49-38(56)32(20-25-9-7-6-8-10-25)46-35(53)24(3)45-36(54)30(42)19-26-11-15-28(50)16-12-26/h6-18,23-24,30-32,34,50-51H,19-22,42H2,1-5H3,(H2,43,52)(H,44,57)(H,45,54)(H,46,53)(H,47,58)(H,48,55)(H,49,56)/t24-,30-,31-,32-,34-/m0/s1. The smallest absolute Gasteiger partial charge is 0.245 e. The lowest BCUT2D eigenvalue weighted by Gasteiger charge is -2.31. The molecule has 3 rings (SSSR count). The first-order valence-corrected chi connectivity index (χ1v) is 18.7. The maximum atomic E-state index is 13.9. The summed E-state index contributed by atoms with van der Waals surface area (Å²) in [7, 11) is 0. The second kappa shape index (κ2) is 21.2. The minimum Gasteiger partial charge on any atom is -0.508 e. The van der Waals surface area contributed by atoms with Gasteiger partial charge in [-0.2, -0.15) is 0 Å². The van der Waals surface area contributed by atoms with Gasteiger partial charge in [-0.25, -0.2) is 0 Å². The summed E-state index contributed by atoms with van der Waals surface area (Å²) < 4.78 is 0. The second-order valence-corrected chi connectivity index (χ2v) is 14.9. The van der Waals surface area contributed by atoms with Gasteiger partial charge in [0, 0.05) is 12.8 Å². The molecule has 0 aliphatic carbocycles. The van der Waals surface area contributed by atoms with E-state index in [4.69, 9.17) is 11.5 Å². The molecule has 17 heteroatoms. The number of nitrogens with two attached hydrogens (primary N) is 2. The largest absolute Gasteiger partial charge is 0.508 e. The number of amides is 7. The van der Waals surface area contributed by atoms with Crippen LogP contribution in [0, 0.1) is 5.92 Å². The third kappa shape index (κ3) is 14.5. The predicted octanol–water partition coefficient (Wildman–Crippen LogP) is -0.436. The lowest BCUT2D eigenvalue weighted by Crippen LogP contribution is -2.63. The minimum absolute atomic E-state index is 0.0113. The first-order valence-electron chi connectivity index (χ1n) is 18.7. The van der Waals surface area contributed by atoms with Crippen molar-refractivity contribution in [3.05, 3.63) is 95.6 Å². The minimum atomic E-state index is -1.68. The Morgan fingerprint density at radius 1 is 0.603 bits per heavy atom. The number of carbonyl (C=O) groups excluding carboxylic acids is 7. The average molecular weight is 803 g/mol. The summed E-state index contributed by atoms with van der Waals surface area (Å²) in [6.07, 6.45) is 0.0701. The van der Waals surface area contributed by atoms with Crippen LogP contribution in [0.25, 0.3) is 0 Å². The van der Waals surface area contributed by atoms with Crippen LogP contribution in [0.15, 0.2) is 78.9 Å². The Balaban J connectivity index is 1.78. The van der Waals surface area contributed by atoms with Crippen molar-refractivity contribution < 1.29 is 43.8 Å². The monoisotopic (exact) mass is 802 g/mol. The van der Waals surface area contributed by atoms with Crippen molar-refractivity contribution in [3.63, 3.8) is 0 Å². The Bertz CT molecular complexity index is 1900. The highest BCUT2D eigenvalue weighted by atomic mass is 16.3. The zero-order valence-electron chi connectivity index (χ0n) is 33.2. The lowest BCUT2D eigenvalue weighted by molar-refractivity contribution is -0.137. The molecule has 0 aliphatic rings. The third-order valence-corrected chi connectivity index (χ3v) is 9.08. The molecule has 0 saturated carbocycles. The van der Waals surface area contributed by atoms with Gasteiger partial charge in [-0.15, -0.1) is 0 Å². The van der Waals surface area contributed by atoms with Gasteiger partial charge >= 0.3 is 0 Å². The highest BCUT2D eigenvalue weighted by Crippen LogP contribution is 2.15. The molecule has 12 N–H and O–H groups in total. The van der Waals surface area contributed by atoms with Gasteiger partial charge in [0.1, 0.15) is 41.2 Å². The van der Waals surface area contributed by atoms with E-state index in [1.54, 1.807) is 68.4 Å². The molecule has 7 amide bonds. The van der Waals surface area contributed by atoms with E-state index in [1.807, 2.05) is 0 Å². The molecular weight excluding hydrogens is 748 g/mol. The molecule has 0 saturated heterocycles. The van der Waals surface area contributed by atoms with Crippen LogP contribution in [-0.2, 0) is 52.8 Å². The number of nitrogens with one attached hydrogen (secondary N) is 6. The number of phenolic OH excluding ortho intramolecular Hbond substituents is 2. The van der Waals surface area contributed by atoms with Crippen LogP contribution < -0.4 is 43.4 Å². The molecular formula is C41H54N8O9. The number of primary amides is 1. The first-order chi connectivity index (χ1) is 27.2. The van der Waals surface area contributed by atoms with E-state index in [9.17, 15) is 43.8 Å². The number of carbonyl (C=O) groups is 7. The van der Waals surface area contributed by atoms with Crippen molar-refractivity contribution in [2.24, 2.45) is 17.4 Å². The fourth-order valence-corrected chi connectivity index (χ4v) is 5.66. The van der Waals surface area contributed by atoms with Crippen LogP contribution >= 0.6 is 0 Å². The SMILES string of the molecule is CC(C)[C@H](NC(=O)[C@H](Cc1ccc(O)cc1)NC(=O)C(C)(C)NC(=O)[C@H](Cc1ccccc1)NC(=O)[C@H](C)NC(=O)[C@@H](N)Cc1ccc(O)cc1)C(=O)NCC(N)=O. The lowest BCUT2D eigenvalue weighted by atomic mass is 9.98. The Morgan fingerprint density at radius 3 is 1.62 bits per heavy atom. The van der Waals surface area contributed by atoms with Crippen molar-refractivity contribution >= 4 is 41.4 Å². The summed E-state index contributed by atoms with van der Waals surface area (Å²) in [5.41, 5.74) is 11.5. The molecule has 0 aromatic heterocycles. The molecule has 312 valence electrons. The van der Waals surface area contributed by atoms with Crippen molar-refractivity contribution in [2.75, 3.05) is 6.54 Å². The van der Waals surface area contributed by atoms with Crippen molar-refractivity contribution in [3.8, 4) is 11.5 Å². The summed E-state index contributed by atoms with van der Waals surface area (Å²) in [5.74, 6) is -5.43. The van der Waals surface area contributed by atoms with Crippen molar-refractivity contribution in [1.82, 2.24) is 31.9 Å². The quantitative estimate of drug-likeness (QED) is 0.0703. The first kappa shape index (κ1) is 45.9. The third-order valence-electron chi connectivity index (χ3n) is 9.08. The van der Waals surface area contributed by atoms with E-state index in [0.29, 0.717) is 16.7 Å². The number of hydrogen-bond donors (Lipinski definition) is 10. The Labute approximate surface area is 337 Å². The summed E-state index contributed by atoms with van der Waals surface area (Å²) >= 11 is 0. The fourth-order valence-electron chi connectivity index (χ4n) is 5.66. The molecule has 0 aliphatic heterocycles. The zero-order valence-corrected chi connectivity index (χ0v) is 33.2. The van der Waals surface area contributed by atoms with Crippen LogP contribution in [-0.4, -0.2) is 93.9 Å². The Hall–Kier alpha value is -6.49. The van der Waals surface area contributed by atoms with E-state index in [-0.39, 0.29) is 30.8 Å². The van der Waals surface area contributed by atoms with E-state index in [2.05, 4.69) is 31.9 Å². The molecule has 58 heavy (non-hydrogen) atoms. The molecule has 0 bridgehead atoms. The molecule has 17 nitrogen and oxygen atoms in total. The van der Waals surface area contributed by atoms with Gasteiger partial charge < -0.3 is 53.6 Å². The zero-order chi connectivity index (χ0) is 43.2. The van der Waals surface area contributed by atoms with Crippen molar-refractivity contribution in [1.29, 1.82) is 0 Å². The van der Waals surface area contributed by atoms with E-state index >= 15 is 0 Å². The fraction of sp³-hybridized carbons (Fsp3) is 0.390. The number of benzene rings is 3. The van der Waals surface area contributed by atoms with Crippen LogP contribution in [0.3, 0.4) is 0 Å². The number of hydrogen-bond acceptors (Lipinski definition) is 10. The number of phenols is 2. The van der Waals surface area contributed by atoms with E-state index < -0.39 is 89.6 Å². The maximum absolute atomic E-state index is 13.9. The molecule has 0 radical (unpaired) electrons. The highest BCUT2D eigenvalue weighted by molar-refractivity contribution is 5.98. The summed E-state index contributed by atoms with van der Waals surface area (Å²) in [6.45, 7) is 7.14. The maximum Gasteiger partial charge on any atom is 0.245 e. The number of rotatable bonds is 20. The highest BCUT2D eigenvalue weighted by Gasteiger charge is 2.37. The summed E-state index contributed by atoms with van der Waals surface area (Å²) in [5, 5.41) is 34.9. The topological polar surface area (TPSA) is 284 Å². The van der Waals surface area contributed by atoms with Gasteiger partial charge in [-0.3, -0.25) is 33.6 Å². The van der Waals surface area contributed by atoms with Gasteiger partial charge in [-0.1, -0.05) is 68.4 Å².